The quantitative estimate of drug-likeness (QED) is 0.584. The number of thiazole rings is 1. The van der Waals surface area contributed by atoms with Crippen molar-refractivity contribution >= 4 is 51.3 Å². The molecule has 0 atom stereocenters. The number of hydrogen-bond acceptors (Lipinski definition) is 5. The molecule has 0 aliphatic carbocycles. The van der Waals surface area contributed by atoms with Gasteiger partial charge in [0.2, 0.25) is 0 Å². The number of aromatic nitrogens is 1. The number of benzene rings is 1. The van der Waals surface area contributed by atoms with E-state index in [9.17, 15) is 9.59 Å². The number of anilines is 3. The van der Waals surface area contributed by atoms with Crippen molar-refractivity contribution < 1.29 is 9.59 Å². The standard InChI is InChI=1S/C13H13ClN4O2S/c1-6-7(2)21-13(16-6)18-12(20)11(19)17-8-3-4-10(15)9(14)5-8/h3-5H,15H2,1-2H3,(H,17,19)(H,16,18,20). The van der Waals surface area contributed by atoms with E-state index in [1.54, 1.807) is 12.1 Å². The molecule has 6 nitrogen and oxygen atoms in total. The van der Waals surface area contributed by atoms with Gasteiger partial charge in [-0.2, -0.15) is 0 Å². The minimum Gasteiger partial charge on any atom is -0.398 e. The van der Waals surface area contributed by atoms with Crippen molar-refractivity contribution in [3.63, 3.8) is 0 Å². The molecule has 1 aromatic carbocycles. The highest BCUT2D eigenvalue weighted by Gasteiger charge is 2.16. The first-order valence-corrected chi connectivity index (χ1v) is 7.17. The molecule has 1 aromatic heterocycles. The summed E-state index contributed by atoms with van der Waals surface area (Å²) in [4.78, 5) is 28.7. The molecular formula is C13H13ClN4O2S. The lowest BCUT2D eigenvalue weighted by Gasteiger charge is -2.06. The van der Waals surface area contributed by atoms with Gasteiger partial charge in [-0.1, -0.05) is 11.6 Å². The molecule has 2 amide bonds. The zero-order valence-electron chi connectivity index (χ0n) is 11.4. The summed E-state index contributed by atoms with van der Waals surface area (Å²) in [6, 6.07) is 4.58. The molecule has 1 heterocycles. The van der Waals surface area contributed by atoms with E-state index in [0.29, 0.717) is 21.5 Å². The lowest BCUT2D eigenvalue weighted by Crippen LogP contribution is -2.29. The van der Waals surface area contributed by atoms with E-state index in [1.807, 2.05) is 13.8 Å². The van der Waals surface area contributed by atoms with E-state index in [1.165, 1.54) is 17.4 Å². The van der Waals surface area contributed by atoms with Crippen molar-refractivity contribution in [1.82, 2.24) is 4.98 Å². The molecule has 0 fully saturated rings. The SMILES string of the molecule is Cc1nc(NC(=O)C(=O)Nc2ccc(N)c(Cl)c2)sc1C. The lowest BCUT2D eigenvalue weighted by molar-refractivity contribution is -0.132. The highest BCUT2D eigenvalue weighted by atomic mass is 35.5. The first-order valence-electron chi connectivity index (χ1n) is 5.98. The third-order valence-electron chi connectivity index (χ3n) is 2.71. The summed E-state index contributed by atoms with van der Waals surface area (Å²) in [5.41, 5.74) is 7.17. The summed E-state index contributed by atoms with van der Waals surface area (Å²) in [5.74, 6) is -1.60. The zero-order valence-corrected chi connectivity index (χ0v) is 12.9. The van der Waals surface area contributed by atoms with Gasteiger partial charge in [0, 0.05) is 10.6 Å². The lowest BCUT2D eigenvalue weighted by atomic mass is 10.3. The number of carbonyl (C=O) groups is 2. The molecule has 0 unspecified atom stereocenters. The van der Waals surface area contributed by atoms with Crippen molar-refractivity contribution in [3.05, 3.63) is 33.8 Å². The van der Waals surface area contributed by atoms with E-state index < -0.39 is 11.8 Å². The van der Waals surface area contributed by atoms with Crippen LogP contribution in [0, 0.1) is 13.8 Å². The molecule has 0 aliphatic heterocycles. The number of nitrogens with two attached hydrogens (primary N) is 1. The number of aryl methyl sites for hydroxylation is 2. The molecule has 21 heavy (non-hydrogen) atoms. The van der Waals surface area contributed by atoms with Gasteiger partial charge >= 0.3 is 11.8 Å². The molecule has 2 aromatic rings. The monoisotopic (exact) mass is 324 g/mol. The number of nitrogen functional groups attached to an aromatic ring is 1. The Balaban J connectivity index is 2.02. The number of carbonyl (C=O) groups excluding carboxylic acids is 2. The predicted molar refractivity (Wildman–Crippen MR) is 84.7 cm³/mol. The fourth-order valence-electron chi connectivity index (χ4n) is 1.47. The summed E-state index contributed by atoms with van der Waals surface area (Å²) in [7, 11) is 0. The van der Waals surface area contributed by atoms with Crippen LogP contribution < -0.4 is 16.4 Å². The molecule has 0 aliphatic rings. The molecule has 0 spiro atoms. The summed E-state index contributed by atoms with van der Waals surface area (Å²) in [5, 5.41) is 5.58. The van der Waals surface area contributed by atoms with Crippen molar-refractivity contribution in [2.75, 3.05) is 16.4 Å². The average Bonchev–Trinajstić information content (AvgIpc) is 2.72. The van der Waals surface area contributed by atoms with Gasteiger partial charge in [-0.15, -0.1) is 11.3 Å². The first-order chi connectivity index (χ1) is 9.86. The Morgan fingerprint density at radius 2 is 1.90 bits per heavy atom. The van der Waals surface area contributed by atoms with Gasteiger partial charge in [-0.25, -0.2) is 4.98 Å². The minimum atomic E-state index is -0.804. The number of amides is 2. The molecule has 8 heteroatoms. The fourth-order valence-corrected chi connectivity index (χ4v) is 2.46. The van der Waals surface area contributed by atoms with Gasteiger partial charge in [-0.3, -0.25) is 14.9 Å². The van der Waals surface area contributed by atoms with Crippen molar-refractivity contribution in [2.24, 2.45) is 0 Å². The number of nitrogens with one attached hydrogen (secondary N) is 2. The van der Waals surface area contributed by atoms with Crippen molar-refractivity contribution in [2.45, 2.75) is 13.8 Å². The second-order valence-corrected chi connectivity index (χ2v) is 5.92. The van der Waals surface area contributed by atoms with Crippen LogP contribution in [0.5, 0.6) is 0 Å². The van der Waals surface area contributed by atoms with Gasteiger partial charge < -0.3 is 11.1 Å². The van der Waals surface area contributed by atoms with E-state index in [0.717, 1.165) is 10.6 Å². The van der Waals surface area contributed by atoms with Gasteiger partial charge in [0.25, 0.3) is 0 Å². The Hall–Kier alpha value is -2.12. The third-order valence-corrected chi connectivity index (χ3v) is 4.03. The molecule has 0 radical (unpaired) electrons. The number of nitrogens with zero attached hydrogens (tertiary/aromatic N) is 1. The Morgan fingerprint density at radius 3 is 2.48 bits per heavy atom. The second-order valence-electron chi connectivity index (χ2n) is 4.31. The van der Waals surface area contributed by atoms with Crippen LogP contribution >= 0.6 is 22.9 Å². The van der Waals surface area contributed by atoms with Gasteiger partial charge in [0.15, 0.2) is 5.13 Å². The highest BCUT2D eigenvalue weighted by Crippen LogP contribution is 2.23. The van der Waals surface area contributed by atoms with Gasteiger partial charge in [0.1, 0.15) is 0 Å². The molecule has 0 bridgehead atoms. The average molecular weight is 325 g/mol. The Labute approximate surface area is 130 Å². The van der Waals surface area contributed by atoms with Crippen LogP contribution in [0.3, 0.4) is 0 Å². The highest BCUT2D eigenvalue weighted by molar-refractivity contribution is 7.15. The van der Waals surface area contributed by atoms with E-state index in [4.69, 9.17) is 17.3 Å². The normalized spacial score (nSPS) is 10.2. The van der Waals surface area contributed by atoms with Crippen LogP contribution in [0.4, 0.5) is 16.5 Å². The molecule has 2 rings (SSSR count). The number of halogens is 1. The second kappa shape index (κ2) is 6.11. The molecule has 0 saturated carbocycles. The largest absolute Gasteiger partial charge is 0.398 e. The van der Waals surface area contributed by atoms with E-state index in [2.05, 4.69) is 15.6 Å². The van der Waals surface area contributed by atoms with Gasteiger partial charge in [-0.05, 0) is 32.0 Å². The van der Waals surface area contributed by atoms with Crippen molar-refractivity contribution in [1.29, 1.82) is 0 Å². The molecule has 110 valence electrons. The van der Waals surface area contributed by atoms with Crippen LogP contribution in [0.2, 0.25) is 5.02 Å². The summed E-state index contributed by atoms with van der Waals surface area (Å²) in [6.45, 7) is 3.72. The smallest absolute Gasteiger partial charge is 0.315 e. The Morgan fingerprint density at radius 1 is 1.24 bits per heavy atom. The van der Waals surface area contributed by atoms with Crippen molar-refractivity contribution in [3.8, 4) is 0 Å². The maximum absolute atomic E-state index is 11.8. The van der Waals surface area contributed by atoms with Crippen LogP contribution in [0.15, 0.2) is 18.2 Å². The van der Waals surface area contributed by atoms with Gasteiger partial charge in [0.05, 0.1) is 16.4 Å². The summed E-state index contributed by atoms with van der Waals surface area (Å²) < 4.78 is 0. The van der Waals surface area contributed by atoms with Crippen LogP contribution in [-0.2, 0) is 9.59 Å². The molecule has 0 saturated heterocycles. The van der Waals surface area contributed by atoms with Crippen LogP contribution in [0.25, 0.3) is 0 Å². The van der Waals surface area contributed by atoms with Crippen LogP contribution in [-0.4, -0.2) is 16.8 Å². The molecular weight excluding hydrogens is 312 g/mol. The summed E-state index contributed by atoms with van der Waals surface area (Å²) >= 11 is 7.15. The number of rotatable bonds is 2. The van der Waals surface area contributed by atoms with E-state index in [-0.39, 0.29) is 0 Å². The topological polar surface area (TPSA) is 97.1 Å². The minimum absolute atomic E-state index is 0.305. The van der Waals surface area contributed by atoms with Crippen LogP contribution in [0.1, 0.15) is 10.6 Å². The Kier molecular flexibility index (Phi) is 4.44. The first kappa shape index (κ1) is 15.3. The Bertz CT molecular complexity index is 695. The summed E-state index contributed by atoms with van der Waals surface area (Å²) in [6.07, 6.45) is 0. The third kappa shape index (κ3) is 3.71. The fraction of sp³-hybridized carbons (Fsp3) is 0.154. The maximum atomic E-state index is 11.8. The predicted octanol–water partition coefficient (Wildman–Crippen LogP) is 2.57. The number of hydrogen-bond donors (Lipinski definition) is 3. The molecule has 4 N–H and O–H groups in total. The van der Waals surface area contributed by atoms with E-state index >= 15 is 0 Å². The maximum Gasteiger partial charge on any atom is 0.315 e. The zero-order chi connectivity index (χ0) is 15.6.